The topological polar surface area (TPSA) is 3.24 Å². The van der Waals surface area contributed by atoms with E-state index in [9.17, 15) is 0 Å². The predicted molar refractivity (Wildman–Crippen MR) is 65.8 cm³/mol. The monoisotopic (exact) mass is 208 g/mol. The van der Waals surface area contributed by atoms with E-state index < -0.39 is 0 Å². The first-order chi connectivity index (χ1) is 7.42. The molecule has 0 aromatic heterocycles. The lowest BCUT2D eigenvalue weighted by Gasteiger charge is -2.41. The number of rotatable bonds is 3. The second-order valence-electron chi connectivity index (χ2n) is 5.32. The van der Waals surface area contributed by atoms with Gasteiger partial charge in [0, 0.05) is 12.1 Å². The third-order valence-corrected chi connectivity index (χ3v) is 4.35. The Bertz CT molecular complexity index is 148. The quantitative estimate of drug-likeness (QED) is 0.682. The molecule has 1 nitrogen and oxygen atoms in total. The van der Waals surface area contributed by atoms with Crippen LogP contribution in [0.25, 0.3) is 0 Å². The Balaban J connectivity index is 1.88. The van der Waals surface area contributed by atoms with Crippen molar-refractivity contribution in [1.29, 1.82) is 0 Å². The Hall–Kier alpha value is -0.0400. The van der Waals surface area contributed by atoms with Gasteiger partial charge in [0.25, 0.3) is 0 Å². The van der Waals surface area contributed by atoms with Gasteiger partial charge in [-0.25, -0.2) is 0 Å². The molecule has 2 fully saturated rings. The molecule has 2 aliphatic rings. The van der Waals surface area contributed by atoms with E-state index in [1.54, 1.807) is 0 Å². The van der Waals surface area contributed by atoms with E-state index in [4.69, 9.17) is 0 Å². The van der Waals surface area contributed by atoms with Gasteiger partial charge in [0.05, 0.1) is 0 Å². The first-order valence-corrected chi connectivity index (χ1v) is 6.97. The lowest BCUT2D eigenvalue weighted by Crippen LogP contribution is -2.44. The fourth-order valence-corrected chi connectivity index (χ4v) is 3.49. The van der Waals surface area contributed by atoms with E-state index >= 15 is 0 Å². The Kier molecular flexibility index (Phi) is 4.49. The van der Waals surface area contributed by atoms with Gasteiger partial charge in [-0.2, -0.15) is 0 Å². The van der Waals surface area contributed by atoms with Crippen LogP contribution < -0.4 is 0 Å². The molecule has 0 unspecified atom stereocenters. The van der Waals surface area contributed by atoms with E-state index in [2.05, 4.69) is 11.8 Å². The van der Waals surface area contributed by atoms with Crippen LogP contribution in [0, 0.1) is 6.92 Å². The van der Waals surface area contributed by atoms with Crippen molar-refractivity contribution < 1.29 is 0 Å². The van der Waals surface area contributed by atoms with E-state index in [-0.39, 0.29) is 0 Å². The fraction of sp³-hybridized carbons (Fsp3) is 0.929. The summed E-state index contributed by atoms with van der Waals surface area (Å²) >= 11 is 0. The van der Waals surface area contributed by atoms with E-state index in [0.29, 0.717) is 0 Å². The van der Waals surface area contributed by atoms with Crippen molar-refractivity contribution in [3.63, 3.8) is 0 Å². The highest BCUT2D eigenvalue weighted by Gasteiger charge is 2.27. The van der Waals surface area contributed by atoms with E-state index in [1.165, 1.54) is 64.2 Å². The first kappa shape index (κ1) is 11.4. The maximum absolute atomic E-state index is 4.16. The van der Waals surface area contributed by atoms with Gasteiger partial charge >= 0.3 is 0 Å². The molecular formula is C14H26N. The average Bonchev–Trinajstić information content (AvgIpc) is 2.33. The molecule has 0 aliphatic heterocycles. The van der Waals surface area contributed by atoms with Gasteiger partial charge in [-0.15, -0.1) is 0 Å². The standard InChI is InChI=1S/C14H26N/c1-2-15(13-9-5-3-6-10-13)14-11-7-4-8-12-14/h13-14H,1-12H2. The third-order valence-electron chi connectivity index (χ3n) is 4.35. The SMILES string of the molecule is [CH2]CN(C1CCCCC1)C1CCCCC1. The largest absolute Gasteiger partial charge is 0.297 e. The van der Waals surface area contributed by atoms with Crippen LogP contribution in [0.5, 0.6) is 0 Å². The van der Waals surface area contributed by atoms with Gasteiger partial charge in [-0.3, -0.25) is 4.90 Å². The lowest BCUT2D eigenvalue weighted by atomic mass is 9.89. The van der Waals surface area contributed by atoms with Crippen molar-refractivity contribution in [2.45, 2.75) is 76.3 Å². The summed E-state index contributed by atoms with van der Waals surface area (Å²) in [5.41, 5.74) is 0. The third kappa shape index (κ3) is 2.96. The zero-order valence-electron chi connectivity index (χ0n) is 10.1. The molecule has 0 amide bonds. The number of hydrogen-bond donors (Lipinski definition) is 0. The molecule has 2 rings (SSSR count). The molecule has 0 saturated heterocycles. The van der Waals surface area contributed by atoms with Gasteiger partial charge in [0.15, 0.2) is 0 Å². The number of nitrogens with zero attached hydrogens (tertiary/aromatic N) is 1. The summed E-state index contributed by atoms with van der Waals surface area (Å²) in [5, 5.41) is 0. The van der Waals surface area contributed by atoms with Crippen LogP contribution in [0.2, 0.25) is 0 Å². The van der Waals surface area contributed by atoms with E-state index in [0.717, 1.165) is 18.6 Å². The summed E-state index contributed by atoms with van der Waals surface area (Å²) in [6.07, 6.45) is 14.5. The van der Waals surface area contributed by atoms with Gasteiger partial charge in [-0.05, 0) is 39.2 Å². The van der Waals surface area contributed by atoms with Gasteiger partial charge in [0.2, 0.25) is 0 Å². The molecule has 0 spiro atoms. The Morgan fingerprint density at radius 2 is 1.13 bits per heavy atom. The van der Waals surface area contributed by atoms with Crippen molar-refractivity contribution in [3.05, 3.63) is 6.92 Å². The molecule has 0 bridgehead atoms. The number of hydrogen-bond acceptors (Lipinski definition) is 1. The molecule has 0 atom stereocenters. The molecule has 15 heavy (non-hydrogen) atoms. The van der Waals surface area contributed by atoms with Crippen LogP contribution >= 0.6 is 0 Å². The van der Waals surface area contributed by atoms with Crippen LogP contribution in [0.4, 0.5) is 0 Å². The van der Waals surface area contributed by atoms with Gasteiger partial charge in [-0.1, -0.05) is 38.5 Å². The maximum Gasteiger partial charge on any atom is 0.00981 e. The average molecular weight is 208 g/mol. The van der Waals surface area contributed by atoms with Crippen LogP contribution in [-0.2, 0) is 0 Å². The normalized spacial score (nSPS) is 26.0. The molecule has 2 aliphatic carbocycles. The highest BCUT2D eigenvalue weighted by atomic mass is 15.2. The minimum Gasteiger partial charge on any atom is -0.297 e. The molecule has 2 saturated carbocycles. The zero-order chi connectivity index (χ0) is 10.5. The van der Waals surface area contributed by atoms with E-state index in [1.807, 2.05) is 0 Å². The van der Waals surface area contributed by atoms with Crippen LogP contribution in [0.15, 0.2) is 0 Å². The van der Waals surface area contributed by atoms with Crippen molar-refractivity contribution in [2.24, 2.45) is 0 Å². The molecule has 0 aromatic carbocycles. The molecule has 0 heterocycles. The molecular weight excluding hydrogens is 182 g/mol. The maximum atomic E-state index is 4.16. The summed E-state index contributed by atoms with van der Waals surface area (Å²) < 4.78 is 0. The van der Waals surface area contributed by atoms with Crippen molar-refractivity contribution in [2.75, 3.05) is 6.54 Å². The van der Waals surface area contributed by atoms with Crippen LogP contribution in [-0.4, -0.2) is 23.5 Å². The highest BCUT2D eigenvalue weighted by Crippen LogP contribution is 2.29. The van der Waals surface area contributed by atoms with Crippen LogP contribution in [0.3, 0.4) is 0 Å². The second kappa shape index (κ2) is 5.89. The molecule has 0 N–H and O–H groups in total. The fourth-order valence-electron chi connectivity index (χ4n) is 3.49. The lowest BCUT2D eigenvalue weighted by molar-refractivity contribution is 0.0932. The second-order valence-corrected chi connectivity index (χ2v) is 5.32. The molecule has 1 heteroatoms. The molecule has 87 valence electrons. The summed E-state index contributed by atoms with van der Waals surface area (Å²) in [4.78, 5) is 2.73. The van der Waals surface area contributed by atoms with Gasteiger partial charge in [0.1, 0.15) is 0 Å². The Morgan fingerprint density at radius 3 is 1.47 bits per heavy atom. The van der Waals surface area contributed by atoms with Crippen molar-refractivity contribution in [1.82, 2.24) is 4.90 Å². The first-order valence-electron chi connectivity index (χ1n) is 6.97. The zero-order valence-corrected chi connectivity index (χ0v) is 10.1. The van der Waals surface area contributed by atoms with Crippen molar-refractivity contribution in [3.8, 4) is 0 Å². The Morgan fingerprint density at radius 1 is 0.733 bits per heavy atom. The summed E-state index contributed by atoms with van der Waals surface area (Å²) in [6.45, 7) is 5.20. The summed E-state index contributed by atoms with van der Waals surface area (Å²) in [6, 6.07) is 1.75. The summed E-state index contributed by atoms with van der Waals surface area (Å²) in [7, 11) is 0. The smallest absolute Gasteiger partial charge is 0.00981 e. The molecule has 0 aromatic rings. The highest BCUT2D eigenvalue weighted by molar-refractivity contribution is 4.84. The van der Waals surface area contributed by atoms with Crippen LogP contribution in [0.1, 0.15) is 64.2 Å². The minimum atomic E-state index is 0.874. The van der Waals surface area contributed by atoms with Crippen molar-refractivity contribution >= 4 is 0 Å². The predicted octanol–water partition coefficient (Wildman–Crippen LogP) is 3.79. The Labute approximate surface area is 95.2 Å². The summed E-state index contributed by atoms with van der Waals surface area (Å²) in [5.74, 6) is 0. The van der Waals surface area contributed by atoms with Gasteiger partial charge < -0.3 is 0 Å². The minimum absolute atomic E-state index is 0.874. The molecule has 1 radical (unpaired) electrons.